The fourth-order valence-electron chi connectivity index (χ4n) is 6.51. The molecule has 262 valence electrons. The smallest absolute Gasteiger partial charge is 0.123 e. The van der Waals surface area contributed by atoms with E-state index in [9.17, 15) is 5.11 Å². The number of nitrogens with zero attached hydrogens (tertiary/aromatic N) is 4. The number of benzene rings is 4. The molecule has 3 aromatic heterocycles. The summed E-state index contributed by atoms with van der Waals surface area (Å²) in [4.78, 5) is 15.2. The molecule has 0 fully saturated rings. The molecule has 0 amide bonds. The molecule has 0 unspecified atom stereocenters. The van der Waals surface area contributed by atoms with E-state index in [1.807, 2.05) is 48.8 Å². The molecule has 0 aliphatic carbocycles. The van der Waals surface area contributed by atoms with Crippen LogP contribution in [0.4, 0.5) is 0 Å². The van der Waals surface area contributed by atoms with Crippen LogP contribution in [-0.2, 0) is 37.3 Å². The summed E-state index contributed by atoms with van der Waals surface area (Å²) in [6.45, 7) is 20.1. The van der Waals surface area contributed by atoms with E-state index in [0.29, 0.717) is 11.5 Å². The standard InChI is InChI=1S/C45H45N4O.Pt/c1-43(2,3)30-17-19-33(20-18-30)49-38-15-12-14-35(34-13-10-11-16-39(34)50)41(38)48-42(49)37-25-28(21-22-46-37)36-26-31(44(4,5)6)23-29-24-32(45(7,8)9)27-47-40(29)36;/h10-24,26-27,50H,1-9H3;/q-1;. The van der Waals surface area contributed by atoms with Crippen molar-refractivity contribution < 1.29 is 26.2 Å². The zero-order valence-corrected chi connectivity index (χ0v) is 33.1. The molecule has 3 heterocycles. The van der Waals surface area contributed by atoms with Gasteiger partial charge < -0.3 is 9.67 Å². The Bertz CT molecular complexity index is 2380. The third kappa shape index (κ3) is 6.89. The van der Waals surface area contributed by atoms with Crippen molar-refractivity contribution in [2.45, 2.75) is 78.6 Å². The summed E-state index contributed by atoms with van der Waals surface area (Å²) >= 11 is 0. The minimum absolute atomic E-state index is 0. The number of imidazole rings is 1. The van der Waals surface area contributed by atoms with Gasteiger partial charge in [-0.2, -0.15) is 0 Å². The van der Waals surface area contributed by atoms with E-state index in [1.165, 1.54) is 16.7 Å². The maximum absolute atomic E-state index is 10.9. The van der Waals surface area contributed by atoms with Crippen LogP contribution in [0.3, 0.4) is 0 Å². The molecule has 51 heavy (non-hydrogen) atoms. The minimum atomic E-state index is -0.0663. The molecule has 0 radical (unpaired) electrons. The fourth-order valence-corrected chi connectivity index (χ4v) is 6.51. The molecule has 0 bridgehead atoms. The van der Waals surface area contributed by atoms with Crippen LogP contribution in [0.15, 0.2) is 103 Å². The minimum Gasteiger partial charge on any atom is -0.507 e. The number of aromatic hydroxyl groups is 1. The van der Waals surface area contributed by atoms with Gasteiger partial charge in [-0.15, -0.1) is 17.7 Å². The number of pyridine rings is 2. The Morgan fingerprint density at radius 1 is 0.608 bits per heavy atom. The molecule has 0 atom stereocenters. The van der Waals surface area contributed by atoms with Crippen LogP contribution in [0.25, 0.3) is 61.4 Å². The largest absolute Gasteiger partial charge is 0.507 e. The second kappa shape index (κ2) is 13.2. The molecule has 0 aliphatic heterocycles. The van der Waals surface area contributed by atoms with E-state index in [-0.39, 0.29) is 43.1 Å². The average molecular weight is 853 g/mol. The van der Waals surface area contributed by atoms with Gasteiger partial charge in [0.05, 0.1) is 16.9 Å². The molecule has 5 nitrogen and oxygen atoms in total. The number of para-hydroxylation sites is 2. The van der Waals surface area contributed by atoms with E-state index in [2.05, 4.69) is 121 Å². The molecular weight excluding hydrogens is 808 g/mol. The fraction of sp³-hybridized carbons (Fsp3) is 0.267. The Kier molecular flexibility index (Phi) is 9.36. The molecule has 0 saturated heterocycles. The van der Waals surface area contributed by atoms with Gasteiger partial charge in [-0.05, 0) is 69.3 Å². The average Bonchev–Trinajstić information content (AvgIpc) is 3.47. The first-order chi connectivity index (χ1) is 23.6. The van der Waals surface area contributed by atoms with Gasteiger partial charge in [-0.3, -0.25) is 15.0 Å². The first-order valence-corrected chi connectivity index (χ1v) is 17.3. The Morgan fingerprint density at radius 2 is 1.25 bits per heavy atom. The molecule has 1 N–H and O–H groups in total. The summed E-state index contributed by atoms with van der Waals surface area (Å²) < 4.78 is 2.16. The van der Waals surface area contributed by atoms with Crippen LogP contribution < -0.4 is 0 Å². The van der Waals surface area contributed by atoms with E-state index in [1.54, 1.807) is 6.07 Å². The third-order valence-corrected chi connectivity index (χ3v) is 9.59. The van der Waals surface area contributed by atoms with Gasteiger partial charge in [0.2, 0.25) is 0 Å². The molecular formula is C45H45N4OPt-. The van der Waals surface area contributed by atoms with Crippen molar-refractivity contribution in [1.82, 2.24) is 19.5 Å². The number of hydrogen-bond acceptors (Lipinski definition) is 4. The normalized spacial score (nSPS) is 12.3. The maximum Gasteiger partial charge on any atom is 0.123 e. The summed E-state index contributed by atoms with van der Waals surface area (Å²) in [7, 11) is 0. The number of phenols is 1. The molecule has 4 aromatic carbocycles. The maximum atomic E-state index is 10.9. The van der Waals surface area contributed by atoms with Gasteiger partial charge in [-0.1, -0.05) is 128 Å². The zero-order valence-electron chi connectivity index (χ0n) is 30.9. The first-order valence-electron chi connectivity index (χ1n) is 17.3. The summed E-state index contributed by atoms with van der Waals surface area (Å²) in [6.07, 6.45) is 3.85. The third-order valence-electron chi connectivity index (χ3n) is 9.59. The number of hydrogen-bond donors (Lipinski definition) is 1. The van der Waals surface area contributed by atoms with Crippen molar-refractivity contribution >= 4 is 21.9 Å². The second-order valence-electron chi connectivity index (χ2n) is 16.4. The van der Waals surface area contributed by atoms with Crippen LogP contribution in [0, 0.1) is 6.07 Å². The molecule has 6 heteroatoms. The van der Waals surface area contributed by atoms with E-state index in [4.69, 9.17) is 15.0 Å². The second-order valence-corrected chi connectivity index (χ2v) is 16.4. The van der Waals surface area contributed by atoms with Crippen LogP contribution in [0.2, 0.25) is 0 Å². The van der Waals surface area contributed by atoms with E-state index < -0.39 is 0 Å². The van der Waals surface area contributed by atoms with Gasteiger partial charge in [0.25, 0.3) is 0 Å². The van der Waals surface area contributed by atoms with Crippen molar-refractivity contribution in [2.24, 2.45) is 0 Å². The van der Waals surface area contributed by atoms with Crippen LogP contribution >= 0.6 is 0 Å². The first kappa shape index (κ1) is 36.2. The Morgan fingerprint density at radius 3 is 1.92 bits per heavy atom. The molecule has 7 rings (SSSR count). The summed E-state index contributed by atoms with van der Waals surface area (Å²) in [5, 5.41) is 12.0. The van der Waals surface area contributed by atoms with Gasteiger partial charge in [-0.25, -0.2) is 0 Å². The summed E-state index contributed by atoms with van der Waals surface area (Å²) in [5.41, 5.74) is 11.4. The monoisotopic (exact) mass is 852 g/mol. The van der Waals surface area contributed by atoms with Crippen molar-refractivity contribution in [3.05, 3.63) is 126 Å². The van der Waals surface area contributed by atoms with Crippen LogP contribution in [-0.4, -0.2) is 24.6 Å². The molecule has 7 aromatic rings. The predicted octanol–water partition coefficient (Wildman–Crippen LogP) is 11.4. The number of fused-ring (bicyclic) bond motifs is 2. The number of phenolic OH excluding ortho intramolecular Hbond substituents is 1. The van der Waals surface area contributed by atoms with E-state index >= 15 is 0 Å². The topological polar surface area (TPSA) is 63.8 Å². The zero-order chi connectivity index (χ0) is 35.6. The van der Waals surface area contributed by atoms with Crippen molar-refractivity contribution in [3.8, 4) is 45.2 Å². The van der Waals surface area contributed by atoms with Gasteiger partial charge in [0.1, 0.15) is 5.75 Å². The van der Waals surface area contributed by atoms with Crippen molar-refractivity contribution in [1.29, 1.82) is 0 Å². The SMILES string of the molecule is CC(C)(C)c1ccc(-n2c(-c3[c-]c(-c4cc(C(C)(C)C)cc5cc(C(C)(C)C)cnc45)ccn3)nc3c(-c4ccccc4O)cccc32)cc1.[Pt]. The Balaban J connectivity index is 0.00000448. The van der Waals surface area contributed by atoms with Crippen molar-refractivity contribution in [2.75, 3.05) is 0 Å². The van der Waals surface area contributed by atoms with Gasteiger partial charge in [0, 0.05) is 55.3 Å². The number of rotatable bonds is 4. The Labute approximate surface area is 316 Å². The van der Waals surface area contributed by atoms with Crippen LogP contribution in [0.5, 0.6) is 5.75 Å². The molecule has 0 spiro atoms. The van der Waals surface area contributed by atoms with Gasteiger partial charge in [0.15, 0.2) is 0 Å². The van der Waals surface area contributed by atoms with Gasteiger partial charge >= 0.3 is 0 Å². The number of aromatic nitrogens is 4. The predicted molar refractivity (Wildman–Crippen MR) is 207 cm³/mol. The Hall–Kier alpha value is -4.60. The quantitative estimate of drug-likeness (QED) is 0.179. The van der Waals surface area contributed by atoms with Crippen LogP contribution in [0.1, 0.15) is 79.0 Å². The van der Waals surface area contributed by atoms with Crippen molar-refractivity contribution in [3.63, 3.8) is 0 Å². The summed E-state index contributed by atoms with van der Waals surface area (Å²) in [5.74, 6) is 0.887. The summed E-state index contributed by atoms with van der Waals surface area (Å²) in [6, 6.07) is 34.7. The molecule has 0 aliphatic rings. The molecule has 0 saturated carbocycles. The van der Waals surface area contributed by atoms with E-state index in [0.717, 1.165) is 49.9 Å².